The Morgan fingerprint density at radius 2 is 2.29 bits per heavy atom. The second kappa shape index (κ2) is 6.43. The fourth-order valence-electron chi connectivity index (χ4n) is 2.42. The number of sulfone groups is 1. The minimum Gasteiger partial charge on any atom is -0.384 e. The van der Waals surface area contributed by atoms with Gasteiger partial charge in [-0.15, -0.1) is 0 Å². The van der Waals surface area contributed by atoms with Crippen LogP contribution in [0, 0.1) is 0 Å². The summed E-state index contributed by atoms with van der Waals surface area (Å²) in [7, 11) is -1.35. The van der Waals surface area contributed by atoms with Crippen LogP contribution in [0.4, 0.5) is 5.69 Å². The number of anilines is 1. The molecule has 116 valence electrons. The lowest BCUT2D eigenvalue weighted by Crippen LogP contribution is -2.38. The van der Waals surface area contributed by atoms with Gasteiger partial charge in [0.2, 0.25) is 0 Å². The van der Waals surface area contributed by atoms with Crippen molar-refractivity contribution >= 4 is 21.4 Å². The summed E-state index contributed by atoms with van der Waals surface area (Å²) in [6.07, 6.45) is 4.62. The predicted molar refractivity (Wildman–Crippen MR) is 82.2 cm³/mol. The Bertz CT molecular complexity index is 616. The average Bonchev–Trinajstić information content (AvgIpc) is 2.84. The van der Waals surface area contributed by atoms with Gasteiger partial charge in [0.15, 0.2) is 9.84 Å². The molecule has 2 heterocycles. The summed E-state index contributed by atoms with van der Waals surface area (Å²) in [5, 5.41) is 3.20. The topological polar surface area (TPSA) is 79.4 Å². The lowest BCUT2D eigenvalue weighted by atomic mass is 10.1. The Morgan fingerprint density at radius 1 is 1.52 bits per heavy atom. The molecule has 1 saturated heterocycles. The van der Waals surface area contributed by atoms with Crippen LogP contribution in [0.25, 0.3) is 0 Å². The van der Waals surface area contributed by atoms with E-state index in [4.69, 9.17) is 0 Å². The summed E-state index contributed by atoms with van der Waals surface area (Å²) in [4.78, 5) is 18.1. The monoisotopic (exact) mass is 311 g/mol. The number of amides is 1. The van der Waals surface area contributed by atoms with Crippen LogP contribution < -0.4 is 5.32 Å². The third-order valence-corrected chi connectivity index (χ3v) is 5.44. The van der Waals surface area contributed by atoms with E-state index in [0.29, 0.717) is 12.0 Å². The SMILES string of the molecule is CCCNc1ccncc1C(=O)N(C)C1CCS(=O)(=O)C1. The Kier molecular flexibility index (Phi) is 4.82. The third-order valence-electron chi connectivity index (χ3n) is 3.69. The van der Waals surface area contributed by atoms with Crippen LogP contribution in [0.2, 0.25) is 0 Å². The molecule has 6 nitrogen and oxygen atoms in total. The van der Waals surface area contributed by atoms with Crippen LogP contribution in [-0.2, 0) is 9.84 Å². The van der Waals surface area contributed by atoms with Crippen molar-refractivity contribution in [2.24, 2.45) is 0 Å². The maximum atomic E-state index is 12.6. The van der Waals surface area contributed by atoms with Gasteiger partial charge in [-0.05, 0) is 18.9 Å². The van der Waals surface area contributed by atoms with Crippen molar-refractivity contribution in [3.63, 3.8) is 0 Å². The second-order valence-corrected chi connectivity index (χ2v) is 7.55. The van der Waals surface area contributed by atoms with Gasteiger partial charge in [0.1, 0.15) is 0 Å². The first-order chi connectivity index (χ1) is 9.94. The first kappa shape index (κ1) is 15.8. The molecule has 0 bridgehead atoms. The van der Waals surface area contributed by atoms with Gasteiger partial charge in [-0.2, -0.15) is 0 Å². The summed E-state index contributed by atoms with van der Waals surface area (Å²) in [6.45, 7) is 2.82. The van der Waals surface area contributed by atoms with Gasteiger partial charge in [-0.25, -0.2) is 8.42 Å². The highest BCUT2D eigenvalue weighted by Gasteiger charge is 2.33. The number of hydrogen-bond acceptors (Lipinski definition) is 5. The minimum absolute atomic E-state index is 0.0488. The van der Waals surface area contributed by atoms with E-state index in [1.165, 1.54) is 11.1 Å². The second-order valence-electron chi connectivity index (χ2n) is 5.32. The Balaban J connectivity index is 2.16. The number of pyridine rings is 1. The smallest absolute Gasteiger partial charge is 0.257 e. The molecule has 1 aliphatic rings. The van der Waals surface area contributed by atoms with E-state index in [0.717, 1.165) is 18.7 Å². The molecule has 2 rings (SSSR count). The molecule has 0 spiro atoms. The van der Waals surface area contributed by atoms with Gasteiger partial charge in [-0.1, -0.05) is 6.92 Å². The molecule has 21 heavy (non-hydrogen) atoms. The van der Waals surface area contributed by atoms with E-state index < -0.39 is 9.84 Å². The van der Waals surface area contributed by atoms with E-state index >= 15 is 0 Å². The molecule has 1 aromatic heterocycles. The summed E-state index contributed by atoms with van der Waals surface area (Å²) in [5.41, 5.74) is 1.22. The van der Waals surface area contributed by atoms with Gasteiger partial charge in [0.25, 0.3) is 5.91 Å². The molecule has 1 N–H and O–H groups in total. The van der Waals surface area contributed by atoms with Gasteiger partial charge in [0, 0.05) is 32.0 Å². The first-order valence-corrected chi connectivity index (χ1v) is 8.92. The zero-order valence-corrected chi connectivity index (χ0v) is 13.2. The van der Waals surface area contributed by atoms with Crippen LogP contribution in [0.15, 0.2) is 18.5 Å². The number of aromatic nitrogens is 1. The highest BCUT2D eigenvalue weighted by molar-refractivity contribution is 7.91. The average molecular weight is 311 g/mol. The number of carbonyl (C=O) groups is 1. The number of carbonyl (C=O) groups excluding carboxylic acids is 1. The van der Waals surface area contributed by atoms with Crippen molar-refractivity contribution in [2.75, 3.05) is 30.4 Å². The molecule has 7 heteroatoms. The van der Waals surface area contributed by atoms with Gasteiger partial charge in [-0.3, -0.25) is 9.78 Å². The van der Waals surface area contributed by atoms with E-state index in [1.807, 2.05) is 6.92 Å². The van der Waals surface area contributed by atoms with Crippen LogP contribution in [-0.4, -0.2) is 55.3 Å². The Morgan fingerprint density at radius 3 is 2.90 bits per heavy atom. The lowest BCUT2D eigenvalue weighted by Gasteiger charge is -2.24. The summed E-state index contributed by atoms with van der Waals surface area (Å²) in [5.74, 6) is 0.0139. The van der Waals surface area contributed by atoms with Crippen LogP contribution >= 0.6 is 0 Å². The van der Waals surface area contributed by atoms with Crippen molar-refractivity contribution in [2.45, 2.75) is 25.8 Å². The van der Waals surface area contributed by atoms with Crippen molar-refractivity contribution < 1.29 is 13.2 Å². The quantitative estimate of drug-likeness (QED) is 0.883. The summed E-state index contributed by atoms with van der Waals surface area (Å²) >= 11 is 0. The van der Waals surface area contributed by atoms with Crippen molar-refractivity contribution in [3.05, 3.63) is 24.0 Å². The van der Waals surface area contributed by atoms with Gasteiger partial charge in [0.05, 0.1) is 22.8 Å². The Hall–Kier alpha value is -1.63. The van der Waals surface area contributed by atoms with Crippen molar-refractivity contribution in [1.82, 2.24) is 9.88 Å². The molecular formula is C14H21N3O3S. The zero-order valence-electron chi connectivity index (χ0n) is 12.4. The van der Waals surface area contributed by atoms with Crippen molar-refractivity contribution in [3.8, 4) is 0 Å². The summed E-state index contributed by atoms with van der Waals surface area (Å²) in [6, 6.07) is 1.52. The summed E-state index contributed by atoms with van der Waals surface area (Å²) < 4.78 is 23.1. The van der Waals surface area contributed by atoms with Gasteiger partial charge >= 0.3 is 0 Å². The number of nitrogens with zero attached hydrogens (tertiary/aromatic N) is 2. The standard InChI is InChI=1S/C14H21N3O3S/c1-3-6-16-13-4-7-15-9-12(13)14(18)17(2)11-5-8-21(19,20)10-11/h4,7,9,11H,3,5-6,8,10H2,1-2H3,(H,15,16). The minimum atomic E-state index is -3.01. The van der Waals surface area contributed by atoms with Crippen LogP contribution in [0.1, 0.15) is 30.1 Å². The fraction of sp³-hybridized carbons (Fsp3) is 0.571. The van der Waals surface area contributed by atoms with Crippen LogP contribution in [0.5, 0.6) is 0 Å². The zero-order chi connectivity index (χ0) is 15.5. The maximum absolute atomic E-state index is 12.6. The fourth-order valence-corrected chi connectivity index (χ4v) is 4.19. The maximum Gasteiger partial charge on any atom is 0.257 e. The Labute approximate surface area is 125 Å². The molecule has 1 amide bonds. The molecule has 1 fully saturated rings. The number of rotatable bonds is 5. The van der Waals surface area contributed by atoms with Crippen molar-refractivity contribution in [1.29, 1.82) is 0 Å². The van der Waals surface area contributed by atoms with Crippen LogP contribution in [0.3, 0.4) is 0 Å². The molecular weight excluding hydrogens is 290 g/mol. The normalized spacial score (nSPS) is 20.2. The highest BCUT2D eigenvalue weighted by Crippen LogP contribution is 2.21. The third kappa shape index (κ3) is 3.72. The predicted octanol–water partition coefficient (Wildman–Crippen LogP) is 1.16. The number of nitrogens with one attached hydrogen (secondary N) is 1. The van der Waals surface area contributed by atoms with E-state index in [-0.39, 0.29) is 23.5 Å². The van der Waals surface area contributed by atoms with Gasteiger partial charge < -0.3 is 10.2 Å². The molecule has 0 aromatic carbocycles. The molecule has 1 atom stereocenters. The molecule has 1 aromatic rings. The largest absolute Gasteiger partial charge is 0.384 e. The van der Waals surface area contributed by atoms with E-state index in [1.54, 1.807) is 19.3 Å². The molecule has 0 aliphatic carbocycles. The first-order valence-electron chi connectivity index (χ1n) is 7.10. The molecule has 0 saturated carbocycles. The molecule has 1 aliphatic heterocycles. The van der Waals surface area contributed by atoms with E-state index in [9.17, 15) is 13.2 Å². The molecule has 0 radical (unpaired) electrons. The highest BCUT2D eigenvalue weighted by atomic mass is 32.2. The lowest BCUT2D eigenvalue weighted by molar-refractivity contribution is 0.0748. The van der Waals surface area contributed by atoms with E-state index in [2.05, 4.69) is 10.3 Å². The molecule has 1 unspecified atom stereocenters. The number of hydrogen-bond donors (Lipinski definition) is 1.